The first kappa shape index (κ1) is 21.6. The highest BCUT2D eigenvalue weighted by molar-refractivity contribution is 7.97. The number of hydrogen-bond acceptors (Lipinski definition) is 6. The van der Waals surface area contributed by atoms with Crippen molar-refractivity contribution in [1.82, 2.24) is 14.3 Å². The third-order valence-corrected chi connectivity index (χ3v) is 7.07. The van der Waals surface area contributed by atoms with Gasteiger partial charge in [0.15, 0.2) is 0 Å². The fourth-order valence-electron chi connectivity index (χ4n) is 2.94. The van der Waals surface area contributed by atoms with Gasteiger partial charge in [0, 0.05) is 29.0 Å². The fourth-order valence-corrected chi connectivity index (χ4v) is 5.21. The summed E-state index contributed by atoms with van der Waals surface area (Å²) in [5.41, 5.74) is 1.57. The maximum absolute atomic E-state index is 13.1. The number of fused-ring (bicyclic) bond motifs is 1. The average Bonchev–Trinajstić information content (AvgIpc) is 3.22. The summed E-state index contributed by atoms with van der Waals surface area (Å²) in [5.74, 6) is -0.444. The SMILES string of the molecule is O=C(NCc1ccc(Cl)cc1)c1ccc(Cl)cc1NS(=O)(=O)C1=CC=CN2SNC=C12. The van der Waals surface area contributed by atoms with Gasteiger partial charge < -0.3 is 10.0 Å². The molecule has 0 unspecified atom stereocenters. The van der Waals surface area contributed by atoms with Crippen LogP contribution in [0.5, 0.6) is 0 Å². The number of anilines is 1. The number of amides is 1. The van der Waals surface area contributed by atoms with Gasteiger partial charge in [-0.25, -0.2) is 8.42 Å². The Labute approximate surface area is 194 Å². The van der Waals surface area contributed by atoms with E-state index in [1.54, 1.807) is 47.0 Å². The smallest absolute Gasteiger partial charge is 0.264 e. The molecule has 2 heterocycles. The van der Waals surface area contributed by atoms with Crippen LogP contribution in [0.4, 0.5) is 5.69 Å². The van der Waals surface area contributed by atoms with Gasteiger partial charge in [0.05, 0.1) is 29.1 Å². The maximum atomic E-state index is 13.1. The molecule has 0 fully saturated rings. The summed E-state index contributed by atoms with van der Waals surface area (Å²) in [6, 6.07) is 11.5. The van der Waals surface area contributed by atoms with Gasteiger partial charge in [-0.05, 0) is 48.0 Å². The highest BCUT2D eigenvalue weighted by atomic mass is 35.5. The lowest BCUT2D eigenvalue weighted by molar-refractivity contribution is 0.0952. The predicted octanol–water partition coefficient (Wildman–Crippen LogP) is 4.39. The molecule has 160 valence electrons. The van der Waals surface area contributed by atoms with Crippen LogP contribution >= 0.6 is 35.3 Å². The molecule has 7 nitrogen and oxygen atoms in total. The number of hydrogen-bond donors (Lipinski definition) is 3. The van der Waals surface area contributed by atoms with Crippen molar-refractivity contribution in [2.45, 2.75) is 6.54 Å². The maximum Gasteiger partial charge on any atom is 0.264 e. The standard InChI is InChI=1S/C20H16Cl2N4O3S2/c21-14-5-3-13(4-6-14)11-23-20(27)16-8-7-15(22)10-17(16)25-31(28,29)19-2-1-9-26-18(19)12-24-30-26/h1-10,12,24-25H,11H2,(H,23,27). The average molecular weight is 495 g/mol. The lowest BCUT2D eigenvalue weighted by atomic mass is 10.1. The molecule has 0 atom stereocenters. The lowest BCUT2D eigenvalue weighted by Gasteiger charge is -2.21. The first-order valence-electron chi connectivity index (χ1n) is 8.99. The van der Waals surface area contributed by atoms with Crippen LogP contribution in [0.1, 0.15) is 15.9 Å². The zero-order chi connectivity index (χ0) is 22.0. The monoisotopic (exact) mass is 494 g/mol. The molecule has 31 heavy (non-hydrogen) atoms. The summed E-state index contributed by atoms with van der Waals surface area (Å²) >= 11 is 13.2. The van der Waals surface area contributed by atoms with Crippen LogP contribution in [0.2, 0.25) is 10.0 Å². The minimum atomic E-state index is -3.99. The second-order valence-electron chi connectivity index (χ2n) is 6.54. The van der Waals surface area contributed by atoms with Gasteiger partial charge in [-0.1, -0.05) is 35.3 Å². The Kier molecular flexibility index (Phi) is 6.19. The number of allylic oxidation sites excluding steroid dienone is 2. The first-order valence-corrected chi connectivity index (χ1v) is 12.0. The van der Waals surface area contributed by atoms with Crippen LogP contribution < -0.4 is 14.8 Å². The molecular formula is C20H16Cl2N4O3S2. The molecule has 4 rings (SSSR count). The van der Waals surface area contributed by atoms with Crippen molar-refractivity contribution in [3.05, 3.63) is 98.8 Å². The van der Waals surface area contributed by atoms with E-state index < -0.39 is 15.9 Å². The molecule has 3 N–H and O–H groups in total. The molecule has 0 aliphatic carbocycles. The van der Waals surface area contributed by atoms with E-state index in [1.165, 1.54) is 36.4 Å². The van der Waals surface area contributed by atoms with E-state index in [0.717, 1.165) is 5.56 Å². The van der Waals surface area contributed by atoms with Gasteiger partial charge in [0.1, 0.15) is 4.91 Å². The van der Waals surface area contributed by atoms with Crippen LogP contribution in [0, 0.1) is 0 Å². The molecule has 2 aliphatic rings. The van der Waals surface area contributed by atoms with E-state index in [2.05, 4.69) is 14.8 Å². The number of nitrogens with zero attached hydrogens (tertiary/aromatic N) is 1. The number of carbonyl (C=O) groups excluding carboxylic acids is 1. The van der Waals surface area contributed by atoms with Crippen molar-refractivity contribution in [2.75, 3.05) is 4.72 Å². The van der Waals surface area contributed by atoms with Crippen molar-refractivity contribution in [3.63, 3.8) is 0 Å². The van der Waals surface area contributed by atoms with Crippen LogP contribution in [0.3, 0.4) is 0 Å². The van der Waals surface area contributed by atoms with Crippen LogP contribution in [-0.4, -0.2) is 18.6 Å². The molecule has 0 radical (unpaired) electrons. The molecule has 0 bridgehead atoms. The molecule has 0 aromatic heterocycles. The molecule has 0 spiro atoms. The van der Waals surface area contributed by atoms with Gasteiger partial charge in [0.25, 0.3) is 15.9 Å². The summed E-state index contributed by atoms with van der Waals surface area (Å²) in [5, 5.41) is 3.67. The molecular weight excluding hydrogens is 479 g/mol. The largest absolute Gasteiger partial charge is 0.348 e. The molecule has 11 heteroatoms. The minimum absolute atomic E-state index is 0.0694. The molecule has 0 saturated carbocycles. The van der Waals surface area contributed by atoms with E-state index in [9.17, 15) is 13.2 Å². The van der Waals surface area contributed by atoms with Crippen molar-refractivity contribution in [3.8, 4) is 0 Å². The Morgan fingerprint density at radius 2 is 1.84 bits per heavy atom. The molecule has 2 aromatic rings. The number of rotatable bonds is 6. The van der Waals surface area contributed by atoms with Crippen molar-refractivity contribution < 1.29 is 13.2 Å². The molecule has 2 aromatic carbocycles. The summed E-state index contributed by atoms with van der Waals surface area (Å²) in [6.45, 7) is 0.255. The van der Waals surface area contributed by atoms with Gasteiger partial charge in [-0.3, -0.25) is 13.8 Å². The van der Waals surface area contributed by atoms with Crippen molar-refractivity contribution in [1.29, 1.82) is 0 Å². The first-order chi connectivity index (χ1) is 14.8. The number of carbonyl (C=O) groups is 1. The third-order valence-electron chi connectivity index (χ3n) is 4.43. The van der Waals surface area contributed by atoms with E-state index >= 15 is 0 Å². The number of nitrogens with one attached hydrogen (secondary N) is 3. The predicted molar refractivity (Wildman–Crippen MR) is 124 cm³/mol. The zero-order valence-corrected chi connectivity index (χ0v) is 18.9. The summed E-state index contributed by atoms with van der Waals surface area (Å²) < 4.78 is 33.3. The Hall–Kier alpha value is -2.59. The number of sulfonamides is 1. The van der Waals surface area contributed by atoms with Gasteiger partial charge >= 0.3 is 0 Å². The van der Waals surface area contributed by atoms with Gasteiger partial charge in [-0.2, -0.15) is 0 Å². The van der Waals surface area contributed by atoms with E-state index in [-0.39, 0.29) is 22.7 Å². The Morgan fingerprint density at radius 1 is 1.10 bits per heavy atom. The Bertz CT molecular complexity index is 1230. The van der Waals surface area contributed by atoms with E-state index in [4.69, 9.17) is 23.2 Å². The van der Waals surface area contributed by atoms with Crippen LogP contribution in [-0.2, 0) is 16.6 Å². The lowest BCUT2D eigenvalue weighted by Crippen LogP contribution is -2.26. The van der Waals surface area contributed by atoms with Gasteiger partial charge in [0.2, 0.25) is 0 Å². The molecule has 0 saturated heterocycles. The molecule has 2 aliphatic heterocycles. The fraction of sp³-hybridized carbons (Fsp3) is 0.0500. The molecule has 1 amide bonds. The van der Waals surface area contributed by atoms with Gasteiger partial charge in [-0.15, -0.1) is 0 Å². The summed E-state index contributed by atoms with van der Waals surface area (Å²) in [7, 11) is -3.99. The highest BCUT2D eigenvalue weighted by Gasteiger charge is 2.30. The van der Waals surface area contributed by atoms with Crippen LogP contribution in [0.15, 0.2) is 77.6 Å². The van der Waals surface area contributed by atoms with E-state index in [1.807, 2.05) is 0 Å². The summed E-state index contributed by atoms with van der Waals surface area (Å²) in [6.07, 6.45) is 6.45. The topological polar surface area (TPSA) is 90.5 Å². The Balaban J connectivity index is 1.56. The number of benzene rings is 2. The van der Waals surface area contributed by atoms with E-state index in [0.29, 0.717) is 15.7 Å². The highest BCUT2D eigenvalue weighted by Crippen LogP contribution is 2.34. The van der Waals surface area contributed by atoms with Crippen molar-refractivity contribution in [2.24, 2.45) is 0 Å². The zero-order valence-electron chi connectivity index (χ0n) is 15.8. The normalized spacial score (nSPS) is 15.0. The second-order valence-corrected chi connectivity index (χ2v) is 9.88. The quantitative estimate of drug-likeness (QED) is 0.516. The second kappa shape index (κ2) is 8.88. The van der Waals surface area contributed by atoms with Crippen molar-refractivity contribution >= 4 is 57.0 Å². The minimum Gasteiger partial charge on any atom is -0.348 e. The number of halogens is 2. The Morgan fingerprint density at radius 3 is 2.61 bits per heavy atom. The third kappa shape index (κ3) is 4.85. The van der Waals surface area contributed by atoms with Crippen LogP contribution in [0.25, 0.3) is 0 Å². The summed E-state index contributed by atoms with van der Waals surface area (Å²) in [4.78, 5) is 12.9.